The lowest BCUT2D eigenvalue weighted by Gasteiger charge is -2.25. The topological polar surface area (TPSA) is 46.5 Å². The minimum absolute atomic E-state index is 0.373. The maximum absolute atomic E-state index is 11.6. The van der Waals surface area contributed by atoms with Gasteiger partial charge in [-0.2, -0.15) is 0 Å². The molecule has 1 atom stereocenters. The molecule has 0 fully saturated rings. The van der Waals surface area contributed by atoms with Crippen molar-refractivity contribution in [1.29, 1.82) is 0 Å². The van der Waals surface area contributed by atoms with Gasteiger partial charge < -0.3 is 9.84 Å². The van der Waals surface area contributed by atoms with Crippen LogP contribution in [-0.2, 0) is 9.53 Å². The first-order valence-electron chi connectivity index (χ1n) is 6.39. The molecule has 0 amide bonds. The molecule has 1 N–H and O–H groups in total. The Kier molecular flexibility index (Phi) is 3.44. The molecule has 0 radical (unpaired) electrons. The van der Waals surface area contributed by atoms with E-state index in [1.807, 2.05) is 6.92 Å². The van der Waals surface area contributed by atoms with E-state index in [0.717, 1.165) is 18.4 Å². The van der Waals surface area contributed by atoms with Gasteiger partial charge in [-0.3, -0.25) is 0 Å². The van der Waals surface area contributed by atoms with Gasteiger partial charge in [0.05, 0.1) is 0 Å². The predicted octanol–water partition coefficient (Wildman–Crippen LogP) is 3.01. The Labute approximate surface area is 108 Å². The number of hydrogen-bond acceptors (Lipinski definition) is 3. The summed E-state index contributed by atoms with van der Waals surface area (Å²) in [7, 11) is 0. The lowest BCUT2D eigenvalue weighted by molar-refractivity contribution is -0.181. The number of carbonyl (C=O) groups excluding carboxylic acids is 1. The largest absolute Gasteiger partial charge is 0.425 e. The minimum atomic E-state index is -1.43. The van der Waals surface area contributed by atoms with Gasteiger partial charge in [0.2, 0.25) is 5.79 Å². The van der Waals surface area contributed by atoms with Crippen LogP contribution in [0.2, 0.25) is 0 Å². The Morgan fingerprint density at radius 2 is 1.94 bits per heavy atom. The van der Waals surface area contributed by atoms with Crippen molar-refractivity contribution in [2.24, 2.45) is 0 Å². The molecule has 98 valence electrons. The number of esters is 1. The average Bonchev–Trinajstić information content (AvgIpc) is 2.47. The molecule has 0 saturated carbocycles. The smallest absolute Gasteiger partial charge is 0.336 e. The van der Waals surface area contributed by atoms with Crippen molar-refractivity contribution in [2.45, 2.75) is 52.2 Å². The zero-order valence-corrected chi connectivity index (χ0v) is 11.2. The summed E-state index contributed by atoms with van der Waals surface area (Å²) in [5.74, 6) is -1.83. The molecule has 2 rings (SSSR count). The average molecular weight is 248 g/mol. The van der Waals surface area contributed by atoms with Crippen LogP contribution in [-0.4, -0.2) is 16.9 Å². The van der Waals surface area contributed by atoms with Crippen molar-refractivity contribution in [1.82, 2.24) is 0 Å². The highest BCUT2D eigenvalue weighted by atomic mass is 16.7. The van der Waals surface area contributed by atoms with Gasteiger partial charge in [0.15, 0.2) is 0 Å². The second-order valence-electron chi connectivity index (χ2n) is 5.30. The zero-order valence-electron chi connectivity index (χ0n) is 11.2. The first kappa shape index (κ1) is 13.1. The molecule has 3 heteroatoms. The molecule has 18 heavy (non-hydrogen) atoms. The number of fused-ring (bicyclic) bond motifs is 1. The van der Waals surface area contributed by atoms with Crippen molar-refractivity contribution < 1.29 is 14.6 Å². The fourth-order valence-electron chi connectivity index (χ4n) is 2.54. The van der Waals surface area contributed by atoms with Gasteiger partial charge in [-0.1, -0.05) is 23.3 Å². The Morgan fingerprint density at radius 1 is 1.22 bits per heavy atom. The summed E-state index contributed by atoms with van der Waals surface area (Å²) in [6, 6.07) is 0. The van der Waals surface area contributed by atoms with E-state index in [0.29, 0.717) is 24.0 Å². The maximum Gasteiger partial charge on any atom is 0.336 e. The summed E-state index contributed by atoms with van der Waals surface area (Å²) in [5.41, 5.74) is 3.60. The van der Waals surface area contributed by atoms with Crippen LogP contribution >= 0.6 is 0 Å². The normalized spacial score (nSPS) is 35.2. The molecular formula is C15H20O3. The van der Waals surface area contributed by atoms with Crippen LogP contribution in [0.25, 0.3) is 0 Å². The van der Waals surface area contributed by atoms with E-state index in [4.69, 9.17) is 4.74 Å². The maximum atomic E-state index is 11.6. The van der Waals surface area contributed by atoms with E-state index < -0.39 is 11.8 Å². The highest BCUT2D eigenvalue weighted by molar-refractivity contribution is 5.92. The molecule has 0 spiro atoms. The molecule has 0 saturated heterocycles. The highest BCUT2D eigenvalue weighted by Gasteiger charge is 2.44. The summed E-state index contributed by atoms with van der Waals surface area (Å²) >= 11 is 0. The fraction of sp³-hybridized carbons (Fsp3) is 0.533. The van der Waals surface area contributed by atoms with Crippen molar-refractivity contribution >= 4 is 5.97 Å². The molecule has 0 bridgehead atoms. The van der Waals surface area contributed by atoms with Crippen molar-refractivity contribution in [2.75, 3.05) is 0 Å². The Morgan fingerprint density at radius 3 is 2.67 bits per heavy atom. The summed E-state index contributed by atoms with van der Waals surface area (Å²) in [6.45, 7) is 5.78. The molecule has 1 aliphatic carbocycles. The summed E-state index contributed by atoms with van der Waals surface area (Å²) in [6.07, 6.45) is 7.15. The monoisotopic (exact) mass is 248 g/mol. The van der Waals surface area contributed by atoms with Gasteiger partial charge in [0.25, 0.3) is 0 Å². The van der Waals surface area contributed by atoms with Crippen molar-refractivity contribution in [3.63, 3.8) is 0 Å². The first-order valence-corrected chi connectivity index (χ1v) is 6.39. The van der Waals surface area contributed by atoms with E-state index in [1.54, 1.807) is 6.92 Å². The van der Waals surface area contributed by atoms with E-state index in [1.165, 1.54) is 5.57 Å². The Bertz CT molecular complexity index is 468. The molecule has 2 aliphatic rings. The van der Waals surface area contributed by atoms with Gasteiger partial charge in [0.1, 0.15) is 0 Å². The third-order valence-electron chi connectivity index (χ3n) is 3.70. The molecule has 1 aliphatic heterocycles. The third-order valence-corrected chi connectivity index (χ3v) is 3.70. The second kappa shape index (κ2) is 4.73. The molecule has 0 aromatic heterocycles. The number of allylic oxidation sites excluding steroid dienone is 3. The summed E-state index contributed by atoms with van der Waals surface area (Å²) in [4.78, 5) is 11.6. The van der Waals surface area contributed by atoms with Crippen LogP contribution < -0.4 is 0 Å². The molecule has 0 unspecified atom stereocenters. The highest BCUT2D eigenvalue weighted by Crippen LogP contribution is 2.38. The van der Waals surface area contributed by atoms with Crippen LogP contribution in [0.1, 0.15) is 46.5 Å². The van der Waals surface area contributed by atoms with Gasteiger partial charge >= 0.3 is 5.97 Å². The van der Waals surface area contributed by atoms with Crippen molar-refractivity contribution in [3.8, 4) is 0 Å². The minimum Gasteiger partial charge on any atom is -0.425 e. The number of aliphatic hydroxyl groups is 1. The number of ether oxygens (including phenoxy) is 1. The van der Waals surface area contributed by atoms with E-state index in [-0.39, 0.29) is 0 Å². The van der Waals surface area contributed by atoms with Crippen LogP contribution in [0.4, 0.5) is 0 Å². The number of carbonyl (C=O) groups is 1. The van der Waals surface area contributed by atoms with Crippen LogP contribution in [0.3, 0.4) is 0 Å². The van der Waals surface area contributed by atoms with Gasteiger partial charge in [-0.25, -0.2) is 4.79 Å². The zero-order chi connectivity index (χ0) is 13.3. The third kappa shape index (κ3) is 2.41. The standard InChI is InChI=1S/C15H20O3/c1-10-5-4-6-11(2)9-15(17)13(8-7-10)12(3)14(16)18-15/h6-7,17H,4-5,8-9H2,1-3H3/b10-7+,11-6+/t15-/m1/s1. The van der Waals surface area contributed by atoms with Gasteiger partial charge in [-0.05, 0) is 40.0 Å². The molecule has 0 aromatic rings. The van der Waals surface area contributed by atoms with E-state index in [9.17, 15) is 9.90 Å². The van der Waals surface area contributed by atoms with Gasteiger partial charge in [0, 0.05) is 17.6 Å². The lowest BCUT2D eigenvalue weighted by atomic mass is 9.91. The molecule has 1 heterocycles. The lowest BCUT2D eigenvalue weighted by Crippen LogP contribution is -2.32. The van der Waals surface area contributed by atoms with Gasteiger partial charge in [-0.15, -0.1) is 0 Å². The van der Waals surface area contributed by atoms with E-state index in [2.05, 4.69) is 19.1 Å². The summed E-state index contributed by atoms with van der Waals surface area (Å²) < 4.78 is 5.18. The first-order chi connectivity index (χ1) is 8.42. The van der Waals surface area contributed by atoms with Crippen LogP contribution in [0.15, 0.2) is 34.4 Å². The quantitative estimate of drug-likeness (QED) is 0.529. The van der Waals surface area contributed by atoms with Crippen LogP contribution in [0.5, 0.6) is 0 Å². The molecular weight excluding hydrogens is 228 g/mol. The summed E-state index contributed by atoms with van der Waals surface area (Å²) in [5, 5.41) is 10.6. The number of hydrogen-bond donors (Lipinski definition) is 1. The van der Waals surface area contributed by atoms with Crippen LogP contribution in [0, 0.1) is 0 Å². The second-order valence-corrected chi connectivity index (χ2v) is 5.30. The SMILES string of the molecule is CC1=C2C/C=C(\C)CC/C=C(\C)C[C@@]2(O)OC1=O. The predicted molar refractivity (Wildman–Crippen MR) is 69.7 cm³/mol. The fourth-order valence-corrected chi connectivity index (χ4v) is 2.54. The molecule has 0 aromatic carbocycles. The van der Waals surface area contributed by atoms with Crippen molar-refractivity contribution in [3.05, 3.63) is 34.4 Å². The molecule has 3 nitrogen and oxygen atoms in total. The Balaban J connectivity index is 2.41. The van der Waals surface area contributed by atoms with E-state index >= 15 is 0 Å². The number of rotatable bonds is 0. The Hall–Kier alpha value is -1.35.